The van der Waals surface area contributed by atoms with Crippen molar-refractivity contribution in [2.24, 2.45) is 5.92 Å². The minimum atomic E-state index is -0.976. The van der Waals surface area contributed by atoms with Crippen molar-refractivity contribution in [3.05, 3.63) is 89.2 Å². The third kappa shape index (κ3) is 5.14. The summed E-state index contributed by atoms with van der Waals surface area (Å²) in [5.41, 5.74) is 4.95. The van der Waals surface area contributed by atoms with E-state index in [1.807, 2.05) is 66.9 Å². The molecule has 4 aromatic rings. The summed E-state index contributed by atoms with van der Waals surface area (Å²) >= 11 is 0. The maximum Gasteiger partial charge on any atom is 0.336 e. The van der Waals surface area contributed by atoms with Gasteiger partial charge >= 0.3 is 11.9 Å². The second-order valence-electron chi connectivity index (χ2n) is 9.77. The van der Waals surface area contributed by atoms with Crippen LogP contribution in [0.25, 0.3) is 16.8 Å². The van der Waals surface area contributed by atoms with Crippen LogP contribution in [0.3, 0.4) is 0 Å². The largest absolute Gasteiger partial charge is 0.478 e. The molecule has 0 saturated heterocycles. The van der Waals surface area contributed by atoms with Gasteiger partial charge in [-0.25, -0.2) is 4.79 Å². The molecule has 1 aliphatic rings. The van der Waals surface area contributed by atoms with Gasteiger partial charge in [0.1, 0.15) is 5.65 Å². The number of aromatic nitrogens is 2. The number of fused-ring (bicyclic) bond motifs is 1. The maximum absolute atomic E-state index is 13.3. The number of imidazole rings is 1. The Hall–Kier alpha value is -4.13. The number of ether oxygens (including phenoxy) is 2. The molecule has 0 amide bonds. The van der Waals surface area contributed by atoms with Crippen LogP contribution in [0.5, 0.6) is 5.88 Å². The lowest BCUT2D eigenvalue weighted by Gasteiger charge is -2.25. The minimum Gasteiger partial charge on any atom is -0.478 e. The van der Waals surface area contributed by atoms with Gasteiger partial charge in [-0.1, -0.05) is 67.8 Å². The lowest BCUT2D eigenvalue weighted by Crippen LogP contribution is -2.24. The highest BCUT2D eigenvalue weighted by molar-refractivity contribution is 5.96. The highest BCUT2D eigenvalue weighted by atomic mass is 16.5. The van der Waals surface area contributed by atoms with E-state index in [9.17, 15) is 14.7 Å². The smallest absolute Gasteiger partial charge is 0.336 e. The molecule has 1 atom stereocenters. The number of aryl methyl sites for hydroxylation is 1. The Labute approximate surface area is 222 Å². The van der Waals surface area contributed by atoms with Gasteiger partial charge in [-0.2, -0.15) is 4.98 Å². The van der Waals surface area contributed by atoms with Crippen LogP contribution in [0.2, 0.25) is 0 Å². The van der Waals surface area contributed by atoms with Crippen molar-refractivity contribution in [2.75, 3.05) is 6.61 Å². The van der Waals surface area contributed by atoms with E-state index in [2.05, 4.69) is 4.98 Å². The Balaban J connectivity index is 1.56. The lowest BCUT2D eigenvalue weighted by molar-refractivity contribution is -0.153. The number of pyridine rings is 1. The minimum absolute atomic E-state index is 0.101. The van der Waals surface area contributed by atoms with Gasteiger partial charge < -0.3 is 14.6 Å². The Morgan fingerprint density at radius 2 is 1.76 bits per heavy atom. The first kappa shape index (κ1) is 25.5. The van der Waals surface area contributed by atoms with Crippen LogP contribution in [0.15, 0.2) is 66.9 Å². The molecule has 0 radical (unpaired) electrons. The molecule has 2 heterocycles. The van der Waals surface area contributed by atoms with E-state index in [-0.39, 0.29) is 17.5 Å². The van der Waals surface area contributed by atoms with Gasteiger partial charge in [0, 0.05) is 0 Å². The molecular formula is C31H32N2O5. The fraction of sp³-hybridized carbons (Fsp3) is 0.323. The molecule has 0 spiro atoms. The van der Waals surface area contributed by atoms with E-state index in [4.69, 9.17) is 9.47 Å². The van der Waals surface area contributed by atoms with Crippen LogP contribution >= 0.6 is 0 Å². The Morgan fingerprint density at radius 1 is 1.03 bits per heavy atom. The van der Waals surface area contributed by atoms with Crippen molar-refractivity contribution < 1.29 is 24.2 Å². The number of rotatable bonds is 8. The van der Waals surface area contributed by atoms with Crippen molar-refractivity contribution >= 4 is 17.6 Å². The van der Waals surface area contributed by atoms with Crippen molar-refractivity contribution in [1.82, 2.24) is 9.38 Å². The number of hydrogen-bond donors (Lipinski definition) is 1. The van der Waals surface area contributed by atoms with Crippen molar-refractivity contribution in [3.63, 3.8) is 0 Å². The zero-order valence-electron chi connectivity index (χ0n) is 21.7. The zero-order chi connectivity index (χ0) is 26.6. The molecule has 1 saturated carbocycles. The highest BCUT2D eigenvalue weighted by Gasteiger charge is 2.29. The molecule has 196 valence electrons. The average molecular weight is 513 g/mol. The van der Waals surface area contributed by atoms with Gasteiger partial charge in [0.05, 0.1) is 30.0 Å². The number of carboxylic acid groups (broad SMARTS) is 1. The Morgan fingerprint density at radius 3 is 2.47 bits per heavy atom. The van der Waals surface area contributed by atoms with Crippen LogP contribution in [0.4, 0.5) is 0 Å². The third-order valence-electron chi connectivity index (χ3n) is 7.23. The molecule has 1 N–H and O–H groups in total. The summed E-state index contributed by atoms with van der Waals surface area (Å²) in [5.74, 6) is -0.748. The third-order valence-corrected chi connectivity index (χ3v) is 7.23. The Kier molecular flexibility index (Phi) is 7.45. The normalized spacial score (nSPS) is 14.8. The molecule has 7 nitrogen and oxygen atoms in total. The van der Waals surface area contributed by atoms with Crippen LogP contribution in [0, 0.1) is 12.8 Å². The summed E-state index contributed by atoms with van der Waals surface area (Å²) in [4.78, 5) is 29.7. The first-order valence-corrected chi connectivity index (χ1v) is 13.2. The second kappa shape index (κ2) is 11.1. The summed E-state index contributed by atoms with van der Waals surface area (Å²) in [6, 6.07) is 18.4. The lowest BCUT2D eigenvalue weighted by atomic mass is 9.89. The molecular weight excluding hydrogens is 480 g/mol. The summed E-state index contributed by atoms with van der Waals surface area (Å²) < 4.78 is 13.9. The predicted octanol–water partition coefficient (Wildman–Crippen LogP) is 6.62. The molecule has 0 bridgehead atoms. The number of carboxylic acids is 1. The Bertz CT molecular complexity index is 1450. The van der Waals surface area contributed by atoms with E-state index < -0.39 is 12.1 Å². The average Bonchev–Trinajstić information content (AvgIpc) is 3.38. The topological polar surface area (TPSA) is 90.1 Å². The number of hydrogen-bond acceptors (Lipinski definition) is 5. The number of nitrogens with zero attached hydrogens (tertiary/aromatic N) is 2. The van der Waals surface area contributed by atoms with Gasteiger partial charge in [0.15, 0.2) is 6.10 Å². The van der Waals surface area contributed by atoms with E-state index in [1.165, 1.54) is 0 Å². The second-order valence-corrected chi connectivity index (χ2v) is 9.77. The van der Waals surface area contributed by atoms with E-state index in [0.717, 1.165) is 60.1 Å². The number of carbonyl (C=O) groups is 2. The fourth-order valence-electron chi connectivity index (χ4n) is 5.24. The molecule has 7 heteroatoms. The first-order valence-electron chi connectivity index (χ1n) is 13.2. The summed E-state index contributed by atoms with van der Waals surface area (Å²) in [6.45, 7) is 4.40. The zero-order valence-corrected chi connectivity index (χ0v) is 21.7. The van der Waals surface area contributed by atoms with E-state index >= 15 is 0 Å². The molecule has 0 aliphatic heterocycles. The van der Waals surface area contributed by atoms with Gasteiger partial charge in [-0.05, 0) is 61.1 Å². The summed E-state index contributed by atoms with van der Waals surface area (Å²) in [5, 5.41) is 9.63. The van der Waals surface area contributed by atoms with Gasteiger partial charge in [-0.3, -0.25) is 9.20 Å². The maximum atomic E-state index is 13.3. The summed E-state index contributed by atoms with van der Waals surface area (Å²) in [7, 11) is 0. The van der Waals surface area contributed by atoms with Gasteiger partial charge in [0.2, 0.25) is 5.88 Å². The monoisotopic (exact) mass is 512 g/mol. The number of aromatic carboxylic acids is 1. The quantitative estimate of drug-likeness (QED) is 0.267. The first-order chi connectivity index (χ1) is 18.5. The van der Waals surface area contributed by atoms with E-state index in [0.29, 0.717) is 18.1 Å². The van der Waals surface area contributed by atoms with Crippen molar-refractivity contribution in [3.8, 4) is 17.0 Å². The van der Waals surface area contributed by atoms with Crippen molar-refractivity contribution in [2.45, 2.75) is 52.1 Å². The molecule has 1 aliphatic carbocycles. The molecule has 1 fully saturated rings. The number of esters is 1. The molecule has 1 unspecified atom stereocenters. The van der Waals surface area contributed by atoms with Gasteiger partial charge in [0.25, 0.3) is 0 Å². The number of carbonyl (C=O) groups excluding carboxylic acids is 1. The van der Waals surface area contributed by atoms with Crippen LogP contribution < -0.4 is 4.74 Å². The molecule has 2 aromatic heterocycles. The SMILES string of the molecule is CCOc1cn2c(C(OC(=O)C3CCCCC3)c3ccc(-c4ccccc4C(=O)O)cc3)ccc(C)c2n1. The van der Waals surface area contributed by atoms with Crippen LogP contribution in [-0.4, -0.2) is 33.0 Å². The van der Waals surface area contributed by atoms with Crippen LogP contribution in [0.1, 0.15) is 72.3 Å². The molecule has 5 rings (SSSR count). The van der Waals surface area contributed by atoms with Crippen LogP contribution in [-0.2, 0) is 9.53 Å². The highest BCUT2D eigenvalue weighted by Crippen LogP contribution is 2.34. The fourth-order valence-corrected chi connectivity index (χ4v) is 5.24. The molecule has 2 aromatic carbocycles. The number of benzene rings is 2. The molecule has 38 heavy (non-hydrogen) atoms. The van der Waals surface area contributed by atoms with E-state index in [1.54, 1.807) is 18.2 Å². The predicted molar refractivity (Wildman–Crippen MR) is 144 cm³/mol. The van der Waals surface area contributed by atoms with Gasteiger partial charge in [-0.15, -0.1) is 0 Å². The summed E-state index contributed by atoms with van der Waals surface area (Å²) in [6.07, 6.45) is 6.09. The standard InChI is InChI=1S/C31H32N2O5/c1-3-37-27-19-33-26(18-13-20(2)29(33)32-27)28(38-31(36)23-9-5-4-6-10-23)22-16-14-21(15-17-22)24-11-7-8-12-25(24)30(34)35/h7-8,11-19,23,28H,3-6,9-10H2,1-2H3,(H,34,35). The van der Waals surface area contributed by atoms with Crippen molar-refractivity contribution in [1.29, 1.82) is 0 Å².